The first-order valence-electron chi connectivity index (χ1n) is 8.32. The van der Waals surface area contributed by atoms with Gasteiger partial charge in [-0.25, -0.2) is 8.78 Å². The molecule has 2 rings (SSSR count). The van der Waals surface area contributed by atoms with Crippen LogP contribution in [-0.2, 0) is 0 Å². The van der Waals surface area contributed by atoms with E-state index in [9.17, 15) is 8.78 Å². The van der Waals surface area contributed by atoms with Crippen LogP contribution in [0.1, 0.15) is 64.7 Å². The Morgan fingerprint density at radius 2 is 1.55 bits per heavy atom. The lowest BCUT2D eigenvalue weighted by molar-refractivity contribution is 0.178. The number of hydrogen-bond acceptors (Lipinski definition) is 0. The predicted molar refractivity (Wildman–Crippen MR) is 80.9 cm³/mol. The molecule has 0 amide bonds. The zero-order valence-corrected chi connectivity index (χ0v) is 12.7. The molecule has 0 spiro atoms. The van der Waals surface area contributed by atoms with Crippen LogP contribution in [0.5, 0.6) is 0 Å². The van der Waals surface area contributed by atoms with Gasteiger partial charge < -0.3 is 0 Å². The van der Waals surface area contributed by atoms with Crippen molar-refractivity contribution in [2.75, 3.05) is 6.67 Å². The second-order valence-corrected chi connectivity index (χ2v) is 6.52. The molecule has 0 nitrogen and oxygen atoms in total. The molecule has 0 aliphatic heterocycles. The monoisotopic (exact) mass is 282 g/mol. The van der Waals surface area contributed by atoms with Crippen molar-refractivity contribution in [3.05, 3.63) is 23.6 Å². The highest BCUT2D eigenvalue weighted by atomic mass is 19.2. The zero-order valence-electron chi connectivity index (χ0n) is 12.7. The molecular weight excluding hydrogens is 254 g/mol. The van der Waals surface area contributed by atoms with Crippen LogP contribution in [0.15, 0.2) is 23.6 Å². The highest BCUT2D eigenvalue weighted by Crippen LogP contribution is 2.42. The van der Waals surface area contributed by atoms with E-state index in [-0.39, 0.29) is 0 Å². The molecule has 20 heavy (non-hydrogen) atoms. The van der Waals surface area contributed by atoms with Gasteiger partial charge in [-0.05, 0) is 62.0 Å². The number of allylic oxidation sites excluding steroid dienone is 4. The molecule has 0 unspecified atom stereocenters. The van der Waals surface area contributed by atoms with E-state index in [0.717, 1.165) is 30.3 Å². The molecule has 0 radical (unpaired) electrons. The van der Waals surface area contributed by atoms with Gasteiger partial charge in [-0.2, -0.15) is 0 Å². The Morgan fingerprint density at radius 3 is 2.10 bits per heavy atom. The first-order valence-corrected chi connectivity index (χ1v) is 8.32. The summed E-state index contributed by atoms with van der Waals surface area (Å²) in [6.45, 7) is 0.958. The fourth-order valence-electron chi connectivity index (χ4n) is 4.19. The topological polar surface area (TPSA) is 0 Å². The van der Waals surface area contributed by atoms with Crippen LogP contribution in [0, 0.1) is 17.8 Å². The summed E-state index contributed by atoms with van der Waals surface area (Å²) in [6.07, 6.45) is 15.3. The third-order valence-electron chi connectivity index (χ3n) is 5.34. The van der Waals surface area contributed by atoms with Crippen LogP contribution in [0.3, 0.4) is 0 Å². The summed E-state index contributed by atoms with van der Waals surface area (Å²) < 4.78 is 25.4. The summed E-state index contributed by atoms with van der Waals surface area (Å²) in [6, 6.07) is 0. The molecule has 2 aliphatic rings. The van der Waals surface area contributed by atoms with Crippen LogP contribution >= 0.6 is 0 Å². The van der Waals surface area contributed by atoms with E-state index in [1.165, 1.54) is 51.0 Å². The highest BCUT2D eigenvalue weighted by molar-refractivity contribution is 5.24. The van der Waals surface area contributed by atoms with Crippen molar-refractivity contribution >= 4 is 0 Å². The summed E-state index contributed by atoms with van der Waals surface area (Å²) >= 11 is 0. The Hall–Kier alpha value is -0.660. The van der Waals surface area contributed by atoms with E-state index in [1.807, 2.05) is 13.0 Å². The van der Waals surface area contributed by atoms with Crippen molar-refractivity contribution < 1.29 is 8.78 Å². The van der Waals surface area contributed by atoms with Crippen molar-refractivity contribution in [2.45, 2.75) is 64.7 Å². The molecule has 0 heterocycles. The average molecular weight is 282 g/mol. The van der Waals surface area contributed by atoms with Crippen molar-refractivity contribution in [1.29, 1.82) is 0 Å². The summed E-state index contributed by atoms with van der Waals surface area (Å²) in [5, 5.41) is 0. The summed E-state index contributed by atoms with van der Waals surface area (Å²) in [4.78, 5) is 0. The lowest BCUT2D eigenvalue weighted by Crippen LogP contribution is -2.24. The fourth-order valence-corrected chi connectivity index (χ4v) is 4.19. The van der Waals surface area contributed by atoms with E-state index in [2.05, 4.69) is 0 Å². The smallest absolute Gasteiger partial charge is 0.141 e. The van der Waals surface area contributed by atoms with Gasteiger partial charge in [0.15, 0.2) is 0 Å². The molecule has 0 N–H and O–H groups in total. The maximum atomic E-state index is 13.1. The van der Waals surface area contributed by atoms with Gasteiger partial charge in [-0.3, -0.25) is 0 Å². The minimum Gasteiger partial charge on any atom is -0.243 e. The molecule has 0 aromatic carbocycles. The second kappa shape index (κ2) is 7.95. The van der Waals surface area contributed by atoms with Crippen LogP contribution in [0.25, 0.3) is 0 Å². The largest absolute Gasteiger partial charge is 0.243 e. The van der Waals surface area contributed by atoms with E-state index >= 15 is 0 Å². The second-order valence-electron chi connectivity index (χ2n) is 6.52. The normalized spacial score (nSPS) is 30.6. The standard InChI is InChI=1S/C18H28F2/c1-2-14(12-18(20)13-19)16-8-10-17(11-9-16)15-6-4-3-5-7-15/h2,12,15-17H,3-11,13H2,1H3/b14-2+,18-12+. The molecule has 2 heteroatoms. The molecule has 114 valence electrons. The Bertz CT molecular complexity index is 342. The minimum atomic E-state index is -0.977. The third-order valence-corrected chi connectivity index (χ3v) is 5.34. The van der Waals surface area contributed by atoms with Gasteiger partial charge in [0.2, 0.25) is 0 Å². The molecule has 0 atom stereocenters. The molecule has 0 bridgehead atoms. The summed E-state index contributed by atoms with van der Waals surface area (Å²) in [5.74, 6) is 1.64. The van der Waals surface area contributed by atoms with Gasteiger partial charge in [0.25, 0.3) is 0 Å². The number of alkyl halides is 1. The van der Waals surface area contributed by atoms with Gasteiger partial charge in [-0.15, -0.1) is 0 Å². The fraction of sp³-hybridized carbons (Fsp3) is 0.778. The first-order chi connectivity index (χ1) is 9.74. The van der Waals surface area contributed by atoms with Gasteiger partial charge in [-0.1, -0.05) is 38.2 Å². The van der Waals surface area contributed by atoms with Crippen molar-refractivity contribution in [3.8, 4) is 0 Å². The van der Waals surface area contributed by atoms with Crippen LogP contribution < -0.4 is 0 Å². The molecule has 2 fully saturated rings. The number of hydrogen-bond donors (Lipinski definition) is 0. The number of halogens is 2. The van der Waals surface area contributed by atoms with Crippen molar-refractivity contribution in [2.24, 2.45) is 17.8 Å². The van der Waals surface area contributed by atoms with Gasteiger partial charge in [0.05, 0.1) is 0 Å². The highest BCUT2D eigenvalue weighted by Gasteiger charge is 2.29. The summed E-state index contributed by atoms with van der Waals surface area (Å²) in [5.41, 5.74) is 1.00. The molecule has 2 saturated carbocycles. The zero-order chi connectivity index (χ0) is 14.4. The predicted octanol–water partition coefficient (Wildman–Crippen LogP) is 6.14. The Kier molecular flexibility index (Phi) is 6.25. The van der Waals surface area contributed by atoms with Gasteiger partial charge in [0, 0.05) is 0 Å². The SMILES string of the molecule is C/C=C(\C=C(\F)CF)C1CCC(C2CCCCC2)CC1. The molecule has 0 aromatic rings. The average Bonchev–Trinajstić information content (AvgIpc) is 2.53. The van der Waals surface area contributed by atoms with Crippen LogP contribution in [-0.4, -0.2) is 6.67 Å². The lowest BCUT2D eigenvalue weighted by Gasteiger charge is -2.36. The Labute approximate surface area is 122 Å². The van der Waals surface area contributed by atoms with E-state index in [1.54, 1.807) is 0 Å². The maximum absolute atomic E-state index is 13.1. The number of rotatable bonds is 4. The molecule has 0 aromatic heterocycles. The minimum absolute atomic E-state index is 0.442. The Morgan fingerprint density at radius 1 is 0.950 bits per heavy atom. The van der Waals surface area contributed by atoms with Crippen molar-refractivity contribution in [3.63, 3.8) is 0 Å². The molecule has 0 saturated heterocycles. The third kappa shape index (κ3) is 4.17. The molecular formula is C18H28F2. The van der Waals surface area contributed by atoms with Gasteiger partial charge in [0.1, 0.15) is 12.5 Å². The molecule has 2 aliphatic carbocycles. The lowest BCUT2D eigenvalue weighted by atomic mass is 9.69. The van der Waals surface area contributed by atoms with E-state index in [4.69, 9.17) is 0 Å². The maximum Gasteiger partial charge on any atom is 0.141 e. The first kappa shape index (κ1) is 15.7. The van der Waals surface area contributed by atoms with Crippen LogP contribution in [0.4, 0.5) is 8.78 Å². The van der Waals surface area contributed by atoms with Crippen LogP contribution in [0.2, 0.25) is 0 Å². The summed E-state index contributed by atoms with van der Waals surface area (Å²) in [7, 11) is 0. The Balaban J connectivity index is 1.86. The van der Waals surface area contributed by atoms with Crippen molar-refractivity contribution in [1.82, 2.24) is 0 Å². The quantitative estimate of drug-likeness (QED) is 0.543. The van der Waals surface area contributed by atoms with E-state index in [0.29, 0.717) is 5.92 Å². The van der Waals surface area contributed by atoms with E-state index < -0.39 is 12.5 Å². The van der Waals surface area contributed by atoms with Gasteiger partial charge >= 0.3 is 0 Å².